The Hall–Kier alpha value is -3.08. The molecule has 5 aliphatic carbocycles. The molecule has 11 heteroatoms. The van der Waals surface area contributed by atoms with Crippen LogP contribution in [0.15, 0.2) is 12.2 Å². The summed E-state index contributed by atoms with van der Waals surface area (Å²) < 4.78 is 17.7. The number of carbonyl (C=O) groups excluding carboxylic acids is 4. The van der Waals surface area contributed by atoms with Crippen molar-refractivity contribution in [2.45, 2.75) is 169 Å². The number of fused-ring (bicyclic) bond motifs is 2. The Morgan fingerprint density at radius 3 is 2.31 bits per heavy atom. The molecule has 0 aromatic carbocycles. The van der Waals surface area contributed by atoms with Crippen molar-refractivity contribution in [2.75, 3.05) is 6.61 Å². The minimum absolute atomic E-state index is 0.00231. The van der Waals surface area contributed by atoms with Crippen molar-refractivity contribution in [3.05, 3.63) is 12.2 Å². The van der Waals surface area contributed by atoms with Crippen LogP contribution < -0.4 is 0 Å². The molecule has 13 unspecified atom stereocenters. The Morgan fingerprint density at radius 1 is 0.881 bits per heavy atom. The lowest BCUT2D eigenvalue weighted by molar-refractivity contribution is -0.217. The summed E-state index contributed by atoms with van der Waals surface area (Å²) in [5.74, 6) is -4.45. The van der Waals surface area contributed by atoms with Gasteiger partial charge in [0.05, 0.1) is 42.3 Å². The van der Waals surface area contributed by atoms with Crippen molar-refractivity contribution in [1.82, 2.24) is 0 Å². The van der Waals surface area contributed by atoms with Crippen molar-refractivity contribution in [1.29, 1.82) is 0 Å². The average molecular weight is 825 g/mol. The molecular formula is C48H72O11. The normalized spacial score (nSPS) is 37.5. The van der Waals surface area contributed by atoms with Gasteiger partial charge in [-0.3, -0.25) is 28.8 Å². The third kappa shape index (κ3) is 9.11. The standard InChI is InChI=1S/C48H72O11/c1-6-7-8-12-16-30(32-26-39(51)58-42(32)52)19-20-31(17-13-10-9-11-14-18-38(49)50)57-28-35-40(29(2)3)33-25-37-46(4)22-15-23-47(5,45(55)56)36(46)21-24-48(35,37)27-34-41(33)44(54)59-43(34)53/h12,16,29-37,40-41H,6-11,13-15,17-28H2,1-5H3,(H,49,50)(H,55,56). The van der Waals surface area contributed by atoms with E-state index in [0.717, 1.165) is 83.5 Å². The van der Waals surface area contributed by atoms with Crippen molar-refractivity contribution in [3.8, 4) is 0 Å². The van der Waals surface area contributed by atoms with E-state index in [9.17, 15) is 33.9 Å². The summed E-state index contributed by atoms with van der Waals surface area (Å²) in [5, 5.41) is 19.7. The van der Waals surface area contributed by atoms with Crippen LogP contribution in [0.3, 0.4) is 0 Å². The summed E-state index contributed by atoms with van der Waals surface area (Å²) in [6.07, 6.45) is 19.1. The van der Waals surface area contributed by atoms with E-state index in [2.05, 4.69) is 39.8 Å². The second-order valence-corrected chi connectivity index (χ2v) is 20.4. The topological polar surface area (TPSA) is 171 Å². The van der Waals surface area contributed by atoms with Gasteiger partial charge >= 0.3 is 35.8 Å². The van der Waals surface area contributed by atoms with Crippen LogP contribution in [0, 0.1) is 75.4 Å². The SMILES string of the molecule is CCCCC=CC(CCC(CCCCCCCC(=O)O)OCC1C(C(C)C)C2CC3C4(C)CCCC(C)(C(=O)O)C4CCC13CC1C(=O)OC(=O)C12)C1CC(=O)OC1=O. The third-order valence-corrected chi connectivity index (χ3v) is 16.9. The molecule has 0 aromatic heterocycles. The fraction of sp³-hybridized carbons (Fsp3) is 0.833. The predicted molar refractivity (Wildman–Crippen MR) is 219 cm³/mol. The highest BCUT2D eigenvalue weighted by Crippen LogP contribution is 2.75. The minimum atomic E-state index is -0.829. The van der Waals surface area contributed by atoms with Gasteiger partial charge in [0.1, 0.15) is 0 Å². The zero-order chi connectivity index (χ0) is 42.7. The van der Waals surface area contributed by atoms with Gasteiger partial charge in [0, 0.05) is 6.42 Å². The third-order valence-electron chi connectivity index (χ3n) is 16.9. The first-order chi connectivity index (χ1) is 28.1. The van der Waals surface area contributed by atoms with Crippen LogP contribution >= 0.6 is 0 Å². The molecule has 1 spiro atoms. The number of ether oxygens (including phenoxy) is 3. The number of hydrogen-bond acceptors (Lipinski definition) is 9. The Labute approximate surface area is 351 Å². The smallest absolute Gasteiger partial charge is 0.317 e. The summed E-state index contributed by atoms with van der Waals surface area (Å²) in [6, 6.07) is 0. The lowest BCUT2D eigenvalue weighted by atomic mass is 9.36. The molecule has 59 heavy (non-hydrogen) atoms. The van der Waals surface area contributed by atoms with Gasteiger partial charge in [0.25, 0.3) is 0 Å². The van der Waals surface area contributed by atoms with Crippen LogP contribution in [0.1, 0.15) is 163 Å². The highest BCUT2D eigenvalue weighted by Gasteiger charge is 2.72. The van der Waals surface area contributed by atoms with Crippen molar-refractivity contribution < 1.29 is 53.2 Å². The van der Waals surface area contributed by atoms with Gasteiger partial charge in [0.2, 0.25) is 0 Å². The van der Waals surface area contributed by atoms with Crippen molar-refractivity contribution in [2.24, 2.45) is 75.4 Å². The fourth-order valence-electron chi connectivity index (χ4n) is 14.2. The number of cyclic esters (lactones) is 4. The van der Waals surface area contributed by atoms with Gasteiger partial charge in [-0.1, -0.05) is 84.8 Å². The zero-order valence-corrected chi connectivity index (χ0v) is 36.4. The van der Waals surface area contributed by atoms with Crippen molar-refractivity contribution in [3.63, 3.8) is 0 Å². The fourth-order valence-corrected chi connectivity index (χ4v) is 14.2. The molecule has 7 fully saturated rings. The van der Waals surface area contributed by atoms with Gasteiger partial charge in [-0.25, -0.2) is 0 Å². The van der Waals surface area contributed by atoms with E-state index in [1.165, 1.54) is 0 Å². The molecule has 0 amide bonds. The number of esters is 4. The van der Waals surface area contributed by atoms with Crippen LogP contribution in [-0.2, 0) is 43.0 Å². The van der Waals surface area contributed by atoms with E-state index >= 15 is 0 Å². The summed E-state index contributed by atoms with van der Waals surface area (Å²) in [7, 11) is 0. The summed E-state index contributed by atoms with van der Waals surface area (Å²) >= 11 is 0. The molecule has 0 radical (unpaired) electrons. The second-order valence-electron chi connectivity index (χ2n) is 20.4. The maximum Gasteiger partial charge on any atom is 0.317 e. The molecule has 2 heterocycles. The molecule has 0 aromatic rings. The van der Waals surface area contributed by atoms with Crippen molar-refractivity contribution >= 4 is 35.8 Å². The highest BCUT2D eigenvalue weighted by atomic mass is 16.6. The van der Waals surface area contributed by atoms with E-state index in [-0.39, 0.29) is 71.2 Å². The number of carbonyl (C=O) groups is 6. The first kappa shape index (κ1) is 45.4. The molecule has 2 bridgehead atoms. The number of allylic oxidation sites excluding steroid dienone is 2. The van der Waals surface area contributed by atoms with Crippen LogP contribution in [0.25, 0.3) is 0 Å². The Bertz CT molecular complexity index is 1600. The summed E-state index contributed by atoms with van der Waals surface area (Å²) in [6.45, 7) is 11.4. The molecule has 11 nitrogen and oxygen atoms in total. The molecule has 7 rings (SSSR count). The van der Waals surface area contributed by atoms with E-state index in [4.69, 9.17) is 19.3 Å². The Balaban J connectivity index is 1.30. The number of hydrogen-bond donors (Lipinski definition) is 2. The largest absolute Gasteiger partial charge is 0.481 e. The average Bonchev–Trinajstić information content (AvgIpc) is 3.54. The Morgan fingerprint density at radius 2 is 1.63 bits per heavy atom. The van der Waals surface area contributed by atoms with Gasteiger partial charge in [-0.15, -0.1) is 0 Å². The molecule has 2 aliphatic heterocycles. The highest BCUT2D eigenvalue weighted by molar-refractivity contribution is 5.97. The molecule has 2 N–H and O–H groups in total. The molecule has 2 saturated heterocycles. The number of rotatable bonds is 21. The van der Waals surface area contributed by atoms with Crippen LogP contribution in [-0.4, -0.2) is 58.7 Å². The van der Waals surface area contributed by atoms with E-state index in [0.29, 0.717) is 38.7 Å². The minimum Gasteiger partial charge on any atom is -0.481 e. The summed E-state index contributed by atoms with van der Waals surface area (Å²) in [5.41, 5.74) is -1.42. The molecule has 330 valence electrons. The van der Waals surface area contributed by atoms with Crippen LogP contribution in [0.5, 0.6) is 0 Å². The van der Waals surface area contributed by atoms with Gasteiger partial charge in [-0.2, -0.15) is 0 Å². The van der Waals surface area contributed by atoms with Crippen LogP contribution in [0.2, 0.25) is 0 Å². The van der Waals surface area contributed by atoms with Gasteiger partial charge in [-0.05, 0) is 130 Å². The second kappa shape index (κ2) is 18.9. The number of carboxylic acids is 2. The summed E-state index contributed by atoms with van der Waals surface area (Å²) in [4.78, 5) is 76.4. The molecule has 13 atom stereocenters. The molecular weight excluding hydrogens is 753 g/mol. The predicted octanol–water partition coefficient (Wildman–Crippen LogP) is 9.34. The van der Waals surface area contributed by atoms with Gasteiger partial charge in [0.15, 0.2) is 0 Å². The number of carboxylic acid groups (broad SMARTS) is 2. The lowest BCUT2D eigenvalue weighted by Gasteiger charge is -2.68. The quantitative estimate of drug-likeness (QED) is 0.0489. The molecule has 5 saturated carbocycles. The van der Waals surface area contributed by atoms with Crippen LogP contribution in [0.4, 0.5) is 0 Å². The first-order valence-electron chi connectivity index (χ1n) is 23.3. The number of unbranched alkanes of at least 4 members (excludes halogenated alkanes) is 6. The lowest BCUT2D eigenvalue weighted by Crippen LogP contribution is -2.63. The first-order valence-corrected chi connectivity index (χ1v) is 23.3. The van der Waals surface area contributed by atoms with Gasteiger partial charge < -0.3 is 24.4 Å². The van der Waals surface area contributed by atoms with E-state index in [1.54, 1.807) is 0 Å². The number of aliphatic carboxylic acids is 2. The molecule has 7 aliphatic rings. The zero-order valence-electron chi connectivity index (χ0n) is 36.4. The van der Waals surface area contributed by atoms with E-state index < -0.39 is 59.0 Å². The maximum absolute atomic E-state index is 13.7. The maximum atomic E-state index is 13.7. The monoisotopic (exact) mass is 825 g/mol. The Kier molecular flexibility index (Phi) is 14.6. The van der Waals surface area contributed by atoms with E-state index in [1.807, 2.05) is 6.92 Å².